The Morgan fingerprint density at radius 3 is 2.70 bits per heavy atom. The molecule has 1 atom stereocenters. The predicted octanol–water partition coefficient (Wildman–Crippen LogP) is 4.86. The topological polar surface area (TPSA) is 32.3 Å². The van der Waals surface area contributed by atoms with Crippen molar-refractivity contribution in [1.29, 1.82) is 0 Å². The molecule has 1 aliphatic rings. The quantitative estimate of drug-likeness (QED) is 0.826. The Balaban J connectivity index is 1.61. The lowest BCUT2D eigenvalue weighted by atomic mass is 9.96. The summed E-state index contributed by atoms with van der Waals surface area (Å²) in [6, 6.07) is 13.0. The van der Waals surface area contributed by atoms with E-state index in [4.69, 9.17) is 0 Å². The van der Waals surface area contributed by atoms with E-state index in [0.717, 1.165) is 38.1 Å². The number of anilines is 1. The minimum atomic E-state index is -4.42. The maximum Gasteiger partial charge on any atom is 0.416 e. The van der Waals surface area contributed by atoms with Crippen LogP contribution in [0.5, 0.6) is 0 Å². The Hall–Kier alpha value is -2.34. The third-order valence-corrected chi connectivity index (χ3v) is 4.82. The van der Waals surface area contributed by atoms with Crippen LogP contribution in [-0.4, -0.2) is 23.9 Å². The largest absolute Gasteiger partial charge is 0.416 e. The average molecular weight is 376 g/mol. The van der Waals surface area contributed by atoms with Crippen molar-refractivity contribution in [1.82, 2.24) is 4.90 Å². The van der Waals surface area contributed by atoms with Crippen molar-refractivity contribution in [2.45, 2.75) is 32.5 Å². The van der Waals surface area contributed by atoms with Gasteiger partial charge >= 0.3 is 6.18 Å². The second kappa shape index (κ2) is 8.13. The molecular formula is C21H23F3N2O. The summed E-state index contributed by atoms with van der Waals surface area (Å²) in [5.41, 5.74) is 1.83. The highest BCUT2D eigenvalue weighted by atomic mass is 19.4. The lowest BCUT2D eigenvalue weighted by Crippen LogP contribution is -2.40. The normalized spacial score (nSPS) is 18.3. The Bertz CT molecular complexity index is 804. The summed E-state index contributed by atoms with van der Waals surface area (Å²) in [6.07, 6.45) is -2.78. The van der Waals surface area contributed by atoms with Crippen molar-refractivity contribution >= 4 is 11.6 Å². The zero-order valence-corrected chi connectivity index (χ0v) is 15.2. The van der Waals surface area contributed by atoms with Crippen molar-refractivity contribution in [3.63, 3.8) is 0 Å². The van der Waals surface area contributed by atoms with E-state index in [9.17, 15) is 18.0 Å². The van der Waals surface area contributed by atoms with Gasteiger partial charge in [-0.25, -0.2) is 0 Å². The number of likely N-dealkylation sites (tertiary alicyclic amines) is 1. The van der Waals surface area contributed by atoms with E-state index in [2.05, 4.69) is 22.3 Å². The highest BCUT2D eigenvalue weighted by molar-refractivity contribution is 5.92. The van der Waals surface area contributed by atoms with Crippen LogP contribution in [0.4, 0.5) is 18.9 Å². The van der Waals surface area contributed by atoms with Crippen molar-refractivity contribution in [2.75, 3.05) is 18.4 Å². The van der Waals surface area contributed by atoms with Gasteiger partial charge in [0.05, 0.1) is 11.5 Å². The fraction of sp³-hybridized carbons (Fsp3) is 0.381. The summed E-state index contributed by atoms with van der Waals surface area (Å²) >= 11 is 0. The average Bonchev–Trinajstić information content (AvgIpc) is 2.61. The van der Waals surface area contributed by atoms with Gasteiger partial charge in [-0.2, -0.15) is 13.2 Å². The molecule has 6 heteroatoms. The Labute approximate surface area is 157 Å². The number of amides is 1. The molecule has 0 aliphatic carbocycles. The molecule has 1 unspecified atom stereocenters. The lowest BCUT2D eigenvalue weighted by Gasteiger charge is -2.32. The minimum absolute atomic E-state index is 0.186. The second-order valence-electron chi connectivity index (χ2n) is 7.13. The van der Waals surface area contributed by atoms with E-state index in [1.165, 1.54) is 23.3 Å². The lowest BCUT2D eigenvalue weighted by molar-refractivity contribution is -0.137. The molecule has 2 aromatic rings. The van der Waals surface area contributed by atoms with Gasteiger partial charge in [0.1, 0.15) is 0 Å². The number of nitrogens with zero attached hydrogens (tertiary/aromatic N) is 1. The summed E-state index contributed by atoms with van der Waals surface area (Å²) in [5.74, 6) is -0.443. The first-order valence-corrected chi connectivity index (χ1v) is 9.07. The first kappa shape index (κ1) is 19.4. The van der Waals surface area contributed by atoms with Crippen LogP contribution in [0.1, 0.15) is 29.5 Å². The van der Waals surface area contributed by atoms with E-state index in [1.54, 1.807) is 0 Å². The zero-order valence-electron chi connectivity index (χ0n) is 15.2. The predicted molar refractivity (Wildman–Crippen MR) is 99.3 cm³/mol. The molecule has 1 saturated heterocycles. The van der Waals surface area contributed by atoms with Crippen LogP contribution < -0.4 is 5.32 Å². The van der Waals surface area contributed by atoms with Crippen LogP contribution in [0.15, 0.2) is 48.5 Å². The molecule has 0 radical (unpaired) electrons. The number of carbonyl (C=O) groups excluding carboxylic acids is 1. The molecule has 1 aliphatic heterocycles. The summed E-state index contributed by atoms with van der Waals surface area (Å²) in [7, 11) is 0. The highest BCUT2D eigenvalue weighted by Crippen LogP contribution is 2.31. The van der Waals surface area contributed by atoms with E-state index < -0.39 is 11.7 Å². The minimum Gasteiger partial charge on any atom is -0.326 e. The summed E-state index contributed by atoms with van der Waals surface area (Å²) < 4.78 is 38.5. The molecule has 3 nitrogen and oxygen atoms in total. The molecule has 0 bridgehead atoms. The summed E-state index contributed by atoms with van der Waals surface area (Å²) in [6.45, 7) is 4.35. The number of hydrogen-bond donors (Lipinski definition) is 1. The van der Waals surface area contributed by atoms with Gasteiger partial charge in [-0.3, -0.25) is 9.69 Å². The molecule has 2 aromatic carbocycles. The van der Waals surface area contributed by atoms with Gasteiger partial charge in [-0.15, -0.1) is 0 Å². The number of alkyl halides is 3. The van der Waals surface area contributed by atoms with Crippen LogP contribution in [0.25, 0.3) is 0 Å². The molecule has 1 fully saturated rings. The SMILES string of the molecule is Cc1cccc(CN2CCCC(C(=O)Nc3cccc(C(F)(F)F)c3)C2)c1. The Morgan fingerprint density at radius 1 is 1.19 bits per heavy atom. The maximum atomic E-state index is 12.8. The molecule has 1 heterocycles. The van der Waals surface area contributed by atoms with E-state index in [0.29, 0.717) is 6.54 Å². The van der Waals surface area contributed by atoms with Crippen molar-refractivity contribution in [3.05, 3.63) is 65.2 Å². The molecule has 0 aromatic heterocycles. The number of aryl methyl sites for hydroxylation is 1. The van der Waals surface area contributed by atoms with E-state index in [-0.39, 0.29) is 17.5 Å². The van der Waals surface area contributed by atoms with Gasteiger partial charge in [0, 0.05) is 18.8 Å². The van der Waals surface area contributed by atoms with Gasteiger partial charge in [0.25, 0.3) is 0 Å². The number of benzene rings is 2. The fourth-order valence-corrected chi connectivity index (χ4v) is 3.50. The first-order valence-electron chi connectivity index (χ1n) is 9.07. The van der Waals surface area contributed by atoms with Crippen LogP contribution in [0.3, 0.4) is 0 Å². The van der Waals surface area contributed by atoms with Crippen LogP contribution >= 0.6 is 0 Å². The highest BCUT2D eigenvalue weighted by Gasteiger charge is 2.31. The number of piperidine rings is 1. The summed E-state index contributed by atoms with van der Waals surface area (Å²) in [4.78, 5) is 14.8. The molecule has 1 N–H and O–H groups in total. The summed E-state index contributed by atoms with van der Waals surface area (Å²) in [5, 5.41) is 2.65. The molecule has 0 saturated carbocycles. The number of rotatable bonds is 4. The standard InChI is InChI=1S/C21H23F3N2O/c1-15-5-2-6-16(11-15)13-26-10-4-7-17(14-26)20(27)25-19-9-3-8-18(12-19)21(22,23)24/h2-3,5-6,8-9,11-12,17H,4,7,10,13-14H2,1H3,(H,25,27). The first-order chi connectivity index (χ1) is 12.8. The molecular weight excluding hydrogens is 353 g/mol. The van der Waals surface area contributed by atoms with Gasteiger partial charge in [-0.1, -0.05) is 35.9 Å². The van der Waals surface area contributed by atoms with E-state index >= 15 is 0 Å². The van der Waals surface area contributed by atoms with Crippen LogP contribution in [-0.2, 0) is 17.5 Å². The molecule has 3 rings (SSSR count). The van der Waals surface area contributed by atoms with Crippen molar-refractivity contribution in [2.24, 2.45) is 5.92 Å². The van der Waals surface area contributed by atoms with Gasteiger partial charge in [0.15, 0.2) is 0 Å². The monoisotopic (exact) mass is 376 g/mol. The third-order valence-electron chi connectivity index (χ3n) is 4.82. The van der Waals surface area contributed by atoms with Gasteiger partial charge in [-0.05, 0) is 50.1 Å². The van der Waals surface area contributed by atoms with Crippen molar-refractivity contribution < 1.29 is 18.0 Å². The number of halogens is 3. The van der Waals surface area contributed by atoms with Crippen LogP contribution in [0.2, 0.25) is 0 Å². The number of carbonyl (C=O) groups is 1. The smallest absolute Gasteiger partial charge is 0.326 e. The molecule has 144 valence electrons. The van der Waals surface area contributed by atoms with Gasteiger partial charge < -0.3 is 5.32 Å². The van der Waals surface area contributed by atoms with Crippen molar-refractivity contribution in [3.8, 4) is 0 Å². The number of nitrogens with one attached hydrogen (secondary N) is 1. The number of hydrogen-bond acceptors (Lipinski definition) is 2. The molecule has 1 amide bonds. The zero-order chi connectivity index (χ0) is 19.4. The Kier molecular flexibility index (Phi) is 5.85. The van der Waals surface area contributed by atoms with Gasteiger partial charge in [0.2, 0.25) is 5.91 Å². The molecule has 27 heavy (non-hydrogen) atoms. The van der Waals surface area contributed by atoms with Crippen LogP contribution in [0, 0.1) is 12.8 Å². The fourth-order valence-electron chi connectivity index (χ4n) is 3.50. The second-order valence-corrected chi connectivity index (χ2v) is 7.13. The Morgan fingerprint density at radius 2 is 1.96 bits per heavy atom. The maximum absolute atomic E-state index is 12.8. The van der Waals surface area contributed by atoms with E-state index in [1.807, 2.05) is 19.1 Å². The molecule has 0 spiro atoms. The third kappa shape index (κ3) is 5.32.